The lowest BCUT2D eigenvalue weighted by Gasteiger charge is -2.26. The summed E-state index contributed by atoms with van der Waals surface area (Å²) in [5, 5.41) is 2.75. The highest BCUT2D eigenvalue weighted by molar-refractivity contribution is 6.22. The number of nitrogens with one attached hydrogen (secondary N) is 1. The van der Waals surface area contributed by atoms with Gasteiger partial charge >= 0.3 is 5.97 Å². The predicted molar refractivity (Wildman–Crippen MR) is 104 cm³/mol. The van der Waals surface area contributed by atoms with Crippen LogP contribution in [0.1, 0.15) is 61.8 Å². The van der Waals surface area contributed by atoms with Gasteiger partial charge in [0.15, 0.2) is 6.61 Å². The molecular formula is C21H28N2O5. The number of esters is 1. The molecule has 3 amide bonds. The second-order valence-corrected chi connectivity index (χ2v) is 7.88. The molecule has 0 spiro atoms. The van der Waals surface area contributed by atoms with Crippen LogP contribution in [0.3, 0.4) is 0 Å². The summed E-state index contributed by atoms with van der Waals surface area (Å²) in [7, 11) is 0. The van der Waals surface area contributed by atoms with Crippen LogP contribution in [-0.2, 0) is 14.3 Å². The molecule has 1 aliphatic rings. The molecule has 0 bridgehead atoms. The van der Waals surface area contributed by atoms with Crippen LogP contribution < -0.4 is 5.32 Å². The van der Waals surface area contributed by atoms with Crippen molar-refractivity contribution < 1.29 is 23.9 Å². The molecule has 1 aliphatic heterocycles. The predicted octanol–water partition coefficient (Wildman–Crippen LogP) is 2.40. The van der Waals surface area contributed by atoms with Gasteiger partial charge in [0.2, 0.25) is 0 Å². The quantitative estimate of drug-likeness (QED) is 0.545. The van der Waals surface area contributed by atoms with Crippen molar-refractivity contribution in [1.29, 1.82) is 0 Å². The summed E-state index contributed by atoms with van der Waals surface area (Å²) in [6, 6.07) is 5.34. The third-order valence-electron chi connectivity index (χ3n) is 4.84. The number of amides is 3. The fourth-order valence-corrected chi connectivity index (χ4v) is 2.94. The largest absolute Gasteiger partial charge is 0.454 e. The summed E-state index contributed by atoms with van der Waals surface area (Å²) in [4.78, 5) is 51.1. The van der Waals surface area contributed by atoms with Gasteiger partial charge in [0.05, 0.1) is 11.1 Å². The first-order valence-corrected chi connectivity index (χ1v) is 9.56. The zero-order valence-corrected chi connectivity index (χ0v) is 17.0. The van der Waals surface area contributed by atoms with E-state index in [1.165, 1.54) is 0 Å². The van der Waals surface area contributed by atoms with E-state index in [4.69, 9.17) is 4.74 Å². The monoisotopic (exact) mass is 388 g/mol. The van der Waals surface area contributed by atoms with E-state index >= 15 is 0 Å². The molecule has 7 nitrogen and oxygen atoms in total. The number of nitrogens with zero attached hydrogens (tertiary/aromatic N) is 1. The minimum absolute atomic E-state index is 0.0386. The number of imide groups is 1. The van der Waals surface area contributed by atoms with Gasteiger partial charge in [-0.1, -0.05) is 39.8 Å². The number of hydrogen-bond donors (Lipinski definition) is 1. The Morgan fingerprint density at radius 1 is 1.00 bits per heavy atom. The van der Waals surface area contributed by atoms with Crippen LogP contribution in [0, 0.1) is 11.8 Å². The topological polar surface area (TPSA) is 92.8 Å². The molecule has 1 aromatic carbocycles. The number of ether oxygens (including phenoxy) is 1. The number of carbonyl (C=O) groups is 4. The van der Waals surface area contributed by atoms with E-state index in [-0.39, 0.29) is 35.4 Å². The molecule has 0 radical (unpaired) electrons. The van der Waals surface area contributed by atoms with Crippen LogP contribution in [0.4, 0.5) is 0 Å². The van der Waals surface area contributed by atoms with Crippen molar-refractivity contribution in [2.24, 2.45) is 11.8 Å². The van der Waals surface area contributed by atoms with Crippen LogP contribution in [0.2, 0.25) is 0 Å². The van der Waals surface area contributed by atoms with Crippen molar-refractivity contribution in [3.05, 3.63) is 35.4 Å². The average Bonchev–Trinajstić information content (AvgIpc) is 2.88. The standard InChI is InChI=1S/C21H28N2O5/c1-12(2)10-17(21(27)28-11-18(24)22-14(5)13(3)4)23-19(25)15-8-6-7-9-16(15)20(23)26/h6-9,12-14,17H,10-11H2,1-5H3,(H,22,24)/t14-,17-/m1/s1. The molecular weight excluding hydrogens is 360 g/mol. The van der Waals surface area contributed by atoms with Crippen molar-refractivity contribution in [2.45, 2.75) is 53.1 Å². The SMILES string of the molecule is CC(C)C[C@H](C(=O)OCC(=O)N[C@H](C)C(C)C)N1C(=O)c2ccccc2C1=O. The van der Waals surface area contributed by atoms with Crippen LogP contribution in [0.25, 0.3) is 0 Å². The van der Waals surface area contributed by atoms with Crippen molar-refractivity contribution in [3.63, 3.8) is 0 Å². The number of benzene rings is 1. The first kappa shape index (κ1) is 21.6. The van der Waals surface area contributed by atoms with E-state index in [0.717, 1.165) is 4.90 Å². The van der Waals surface area contributed by atoms with Crippen LogP contribution in [-0.4, -0.2) is 47.3 Å². The highest BCUT2D eigenvalue weighted by Crippen LogP contribution is 2.27. The first-order chi connectivity index (χ1) is 13.1. The average molecular weight is 388 g/mol. The van der Waals surface area contributed by atoms with E-state index in [0.29, 0.717) is 0 Å². The highest BCUT2D eigenvalue weighted by Gasteiger charge is 2.43. The lowest BCUT2D eigenvalue weighted by atomic mass is 10.0. The van der Waals surface area contributed by atoms with Gasteiger partial charge in [-0.2, -0.15) is 0 Å². The van der Waals surface area contributed by atoms with Gasteiger partial charge in [-0.3, -0.25) is 19.3 Å². The van der Waals surface area contributed by atoms with Crippen molar-refractivity contribution >= 4 is 23.7 Å². The molecule has 1 heterocycles. The Morgan fingerprint density at radius 2 is 1.54 bits per heavy atom. The number of fused-ring (bicyclic) bond motifs is 1. The maximum absolute atomic E-state index is 12.7. The summed E-state index contributed by atoms with van der Waals surface area (Å²) in [6.45, 7) is 9.12. The summed E-state index contributed by atoms with van der Waals surface area (Å²) in [6.07, 6.45) is 0.258. The molecule has 1 aromatic rings. The Hall–Kier alpha value is -2.70. The number of hydrogen-bond acceptors (Lipinski definition) is 5. The van der Waals surface area contributed by atoms with E-state index in [1.54, 1.807) is 24.3 Å². The van der Waals surface area contributed by atoms with Crippen molar-refractivity contribution in [1.82, 2.24) is 10.2 Å². The maximum Gasteiger partial charge on any atom is 0.329 e. The van der Waals surface area contributed by atoms with E-state index in [1.807, 2.05) is 34.6 Å². The van der Waals surface area contributed by atoms with Crippen molar-refractivity contribution in [3.8, 4) is 0 Å². The van der Waals surface area contributed by atoms with Crippen LogP contribution >= 0.6 is 0 Å². The minimum atomic E-state index is -1.07. The second kappa shape index (κ2) is 8.99. The molecule has 0 saturated heterocycles. The molecule has 7 heteroatoms. The van der Waals surface area contributed by atoms with Gasteiger partial charge in [-0.05, 0) is 37.3 Å². The molecule has 28 heavy (non-hydrogen) atoms. The summed E-state index contributed by atoms with van der Waals surface area (Å²) in [5.74, 6) is -1.92. The molecule has 0 aromatic heterocycles. The molecule has 0 unspecified atom stereocenters. The van der Waals surface area contributed by atoms with Gasteiger partial charge < -0.3 is 10.1 Å². The third kappa shape index (κ3) is 4.77. The van der Waals surface area contributed by atoms with Gasteiger partial charge in [0.1, 0.15) is 6.04 Å². The normalized spacial score (nSPS) is 15.6. The Labute approximate surface area is 165 Å². The lowest BCUT2D eigenvalue weighted by Crippen LogP contribution is -2.47. The zero-order chi connectivity index (χ0) is 21.0. The van der Waals surface area contributed by atoms with Gasteiger partial charge in [0.25, 0.3) is 17.7 Å². The zero-order valence-electron chi connectivity index (χ0n) is 17.0. The molecule has 0 aliphatic carbocycles. The molecule has 2 rings (SSSR count). The molecule has 2 atom stereocenters. The minimum Gasteiger partial charge on any atom is -0.454 e. The molecule has 152 valence electrons. The molecule has 0 fully saturated rings. The van der Waals surface area contributed by atoms with Gasteiger partial charge in [-0.25, -0.2) is 4.79 Å². The smallest absolute Gasteiger partial charge is 0.329 e. The Bertz CT molecular complexity index is 737. The third-order valence-corrected chi connectivity index (χ3v) is 4.84. The Balaban J connectivity index is 2.12. The van der Waals surface area contributed by atoms with Crippen LogP contribution in [0.5, 0.6) is 0 Å². The van der Waals surface area contributed by atoms with E-state index in [2.05, 4.69) is 5.32 Å². The van der Waals surface area contributed by atoms with Crippen LogP contribution in [0.15, 0.2) is 24.3 Å². The summed E-state index contributed by atoms with van der Waals surface area (Å²) in [5.41, 5.74) is 0.551. The molecule has 0 saturated carbocycles. The fraction of sp³-hybridized carbons (Fsp3) is 0.524. The number of rotatable bonds is 8. The van der Waals surface area contributed by atoms with E-state index < -0.39 is 36.3 Å². The summed E-state index contributed by atoms with van der Waals surface area (Å²) >= 11 is 0. The van der Waals surface area contributed by atoms with Gasteiger partial charge in [-0.15, -0.1) is 0 Å². The Kier molecular flexibility index (Phi) is 6.94. The van der Waals surface area contributed by atoms with Gasteiger partial charge in [0, 0.05) is 6.04 Å². The Morgan fingerprint density at radius 3 is 2.00 bits per heavy atom. The number of carbonyl (C=O) groups excluding carboxylic acids is 4. The molecule has 1 N–H and O–H groups in total. The summed E-state index contributed by atoms with van der Waals surface area (Å²) < 4.78 is 5.16. The van der Waals surface area contributed by atoms with Crippen molar-refractivity contribution in [2.75, 3.05) is 6.61 Å². The maximum atomic E-state index is 12.7. The second-order valence-electron chi connectivity index (χ2n) is 7.88. The highest BCUT2D eigenvalue weighted by atomic mass is 16.5. The lowest BCUT2D eigenvalue weighted by molar-refractivity contribution is -0.153. The first-order valence-electron chi connectivity index (χ1n) is 9.56. The van der Waals surface area contributed by atoms with E-state index in [9.17, 15) is 19.2 Å². The fourth-order valence-electron chi connectivity index (χ4n) is 2.94.